The van der Waals surface area contributed by atoms with Crippen LogP contribution < -0.4 is 0 Å². The highest BCUT2D eigenvalue weighted by Gasteiger charge is 2.05. The number of oxime groups is 1. The van der Waals surface area contributed by atoms with E-state index in [0.29, 0.717) is 0 Å². The Hall–Kier alpha value is -1.51. The van der Waals surface area contributed by atoms with Gasteiger partial charge in [0.2, 0.25) is 0 Å². The van der Waals surface area contributed by atoms with Crippen molar-refractivity contribution in [2.45, 2.75) is 6.92 Å². The van der Waals surface area contributed by atoms with E-state index in [1.807, 2.05) is 31.1 Å². The Labute approximate surface area is 85.0 Å². The van der Waals surface area contributed by atoms with Crippen LogP contribution in [-0.2, 0) is 4.84 Å². The fourth-order valence-electron chi connectivity index (χ4n) is 1.18. The normalized spacial score (nSPS) is 11.3. The topological polar surface area (TPSA) is 24.8 Å². The van der Waals surface area contributed by atoms with E-state index in [1.54, 1.807) is 7.11 Å². The van der Waals surface area contributed by atoms with Crippen LogP contribution in [0.15, 0.2) is 29.4 Å². The van der Waals surface area contributed by atoms with Gasteiger partial charge in [-0.25, -0.2) is 0 Å². The van der Waals surface area contributed by atoms with Gasteiger partial charge in [0.15, 0.2) is 5.84 Å². The van der Waals surface area contributed by atoms with Crippen LogP contribution >= 0.6 is 0 Å². The zero-order valence-corrected chi connectivity index (χ0v) is 9.11. The molecule has 0 amide bonds. The van der Waals surface area contributed by atoms with E-state index in [-0.39, 0.29) is 0 Å². The predicted octanol–water partition coefficient (Wildman–Crippen LogP) is 1.86. The molecule has 0 bridgehead atoms. The van der Waals surface area contributed by atoms with Crippen molar-refractivity contribution in [2.75, 3.05) is 21.2 Å². The Morgan fingerprint density at radius 2 is 1.79 bits per heavy atom. The van der Waals surface area contributed by atoms with Crippen molar-refractivity contribution in [2.24, 2.45) is 5.16 Å². The first kappa shape index (κ1) is 10.6. The third-order valence-electron chi connectivity index (χ3n) is 1.91. The third kappa shape index (κ3) is 2.49. The summed E-state index contributed by atoms with van der Waals surface area (Å²) >= 11 is 0. The maximum Gasteiger partial charge on any atom is 0.174 e. The Balaban J connectivity index is 3.00. The SMILES string of the molecule is CO/N=C(/c1ccc(C)cc1)N(C)C. The molecule has 0 spiro atoms. The van der Waals surface area contributed by atoms with E-state index in [1.165, 1.54) is 5.56 Å². The molecule has 0 atom stereocenters. The van der Waals surface area contributed by atoms with Crippen molar-refractivity contribution >= 4 is 5.84 Å². The molecule has 1 aromatic rings. The van der Waals surface area contributed by atoms with Crippen LogP contribution in [-0.4, -0.2) is 31.9 Å². The summed E-state index contributed by atoms with van der Waals surface area (Å²) in [6.45, 7) is 2.06. The maximum absolute atomic E-state index is 4.80. The first-order chi connectivity index (χ1) is 6.65. The Morgan fingerprint density at radius 3 is 2.21 bits per heavy atom. The van der Waals surface area contributed by atoms with Gasteiger partial charge in [-0.05, 0) is 6.92 Å². The van der Waals surface area contributed by atoms with Crippen molar-refractivity contribution in [3.05, 3.63) is 35.4 Å². The van der Waals surface area contributed by atoms with Gasteiger partial charge in [0.05, 0.1) is 0 Å². The minimum Gasteiger partial charge on any atom is -0.397 e. The lowest BCUT2D eigenvalue weighted by Gasteiger charge is -2.14. The second-order valence-corrected chi connectivity index (χ2v) is 3.36. The lowest BCUT2D eigenvalue weighted by atomic mass is 10.1. The molecule has 0 radical (unpaired) electrons. The summed E-state index contributed by atoms with van der Waals surface area (Å²) in [5, 5.41) is 3.97. The van der Waals surface area contributed by atoms with E-state index >= 15 is 0 Å². The largest absolute Gasteiger partial charge is 0.397 e. The van der Waals surface area contributed by atoms with Crippen molar-refractivity contribution < 1.29 is 4.84 Å². The predicted molar refractivity (Wildman–Crippen MR) is 58.4 cm³/mol. The first-order valence-corrected chi connectivity index (χ1v) is 4.50. The average molecular weight is 192 g/mol. The fraction of sp³-hybridized carbons (Fsp3) is 0.364. The Morgan fingerprint density at radius 1 is 1.21 bits per heavy atom. The Kier molecular flexibility index (Phi) is 3.51. The summed E-state index contributed by atoms with van der Waals surface area (Å²) in [5.74, 6) is 0.826. The molecule has 76 valence electrons. The van der Waals surface area contributed by atoms with Crippen molar-refractivity contribution in [3.63, 3.8) is 0 Å². The van der Waals surface area contributed by atoms with Crippen LogP contribution in [0.2, 0.25) is 0 Å². The molecule has 0 aliphatic carbocycles. The second kappa shape index (κ2) is 4.65. The molecule has 14 heavy (non-hydrogen) atoms. The smallest absolute Gasteiger partial charge is 0.174 e. The van der Waals surface area contributed by atoms with Gasteiger partial charge in [-0.1, -0.05) is 35.0 Å². The van der Waals surface area contributed by atoms with Crippen LogP contribution in [0.1, 0.15) is 11.1 Å². The number of amidine groups is 1. The van der Waals surface area contributed by atoms with Crippen molar-refractivity contribution in [1.82, 2.24) is 4.90 Å². The lowest BCUT2D eigenvalue weighted by molar-refractivity contribution is 0.209. The Bertz CT molecular complexity index is 315. The van der Waals surface area contributed by atoms with Gasteiger partial charge in [0.1, 0.15) is 7.11 Å². The average Bonchev–Trinajstić information content (AvgIpc) is 2.15. The number of hydrogen-bond donors (Lipinski definition) is 0. The zero-order chi connectivity index (χ0) is 10.6. The molecule has 0 unspecified atom stereocenters. The van der Waals surface area contributed by atoms with Crippen LogP contribution in [0.4, 0.5) is 0 Å². The molecule has 0 aliphatic heterocycles. The summed E-state index contributed by atoms with van der Waals surface area (Å²) in [6, 6.07) is 8.19. The summed E-state index contributed by atoms with van der Waals surface area (Å²) in [4.78, 5) is 6.72. The molecule has 1 rings (SSSR count). The summed E-state index contributed by atoms with van der Waals surface area (Å²) in [7, 11) is 5.44. The third-order valence-corrected chi connectivity index (χ3v) is 1.91. The summed E-state index contributed by atoms with van der Waals surface area (Å²) in [6.07, 6.45) is 0. The first-order valence-electron chi connectivity index (χ1n) is 4.50. The van der Waals surface area contributed by atoms with Crippen LogP contribution in [0.3, 0.4) is 0 Å². The minimum atomic E-state index is 0.826. The second-order valence-electron chi connectivity index (χ2n) is 3.36. The number of rotatable bonds is 2. The highest BCUT2D eigenvalue weighted by Crippen LogP contribution is 2.06. The highest BCUT2D eigenvalue weighted by atomic mass is 16.6. The van der Waals surface area contributed by atoms with E-state index in [0.717, 1.165) is 11.4 Å². The lowest BCUT2D eigenvalue weighted by Crippen LogP contribution is -2.23. The van der Waals surface area contributed by atoms with E-state index < -0.39 is 0 Å². The zero-order valence-electron chi connectivity index (χ0n) is 9.11. The molecular formula is C11H16N2O. The van der Waals surface area contributed by atoms with E-state index in [4.69, 9.17) is 4.84 Å². The van der Waals surface area contributed by atoms with Gasteiger partial charge in [0, 0.05) is 19.7 Å². The van der Waals surface area contributed by atoms with Crippen LogP contribution in [0, 0.1) is 6.92 Å². The van der Waals surface area contributed by atoms with Gasteiger partial charge in [0.25, 0.3) is 0 Å². The fourth-order valence-corrected chi connectivity index (χ4v) is 1.18. The molecule has 0 aliphatic rings. The van der Waals surface area contributed by atoms with Crippen molar-refractivity contribution in [3.8, 4) is 0 Å². The molecule has 0 fully saturated rings. The molecular weight excluding hydrogens is 176 g/mol. The number of nitrogens with zero attached hydrogens (tertiary/aromatic N) is 2. The molecule has 3 heteroatoms. The molecule has 0 saturated heterocycles. The summed E-state index contributed by atoms with van der Waals surface area (Å²) < 4.78 is 0. The molecule has 0 aromatic heterocycles. The van der Waals surface area contributed by atoms with Crippen LogP contribution in [0.25, 0.3) is 0 Å². The van der Waals surface area contributed by atoms with Gasteiger partial charge in [-0.15, -0.1) is 0 Å². The maximum atomic E-state index is 4.80. The molecule has 0 heterocycles. The molecule has 0 saturated carbocycles. The minimum absolute atomic E-state index is 0.826. The van der Waals surface area contributed by atoms with E-state index in [9.17, 15) is 0 Å². The molecule has 1 aromatic carbocycles. The molecule has 3 nitrogen and oxygen atoms in total. The van der Waals surface area contributed by atoms with E-state index in [2.05, 4.69) is 24.2 Å². The van der Waals surface area contributed by atoms with Gasteiger partial charge < -0.3 is 9.74 Å². The number of hydrogen-bond acceptors (Lipinski definition) is 2. The summed E-state index contributed by atoms with van der Waals surface area (Å²) in [5.41, 5.74) is 2.30. The van der Waals surface area contributed by atoms with Crippen molar-refractivity contribution in [1.29, 1.82) is 0 Å². The molecule has 0 N–H and O–H groups in total. The monoisotopic (exact) mass is 192 g/mol. The van der Waals surface area contributed by atoms with Gasteiger partial charge >= 0.3 is 0 Å². The highest BCUT2D eigenvalue weighted by molar-refractivity contribution is 5.98. The standard InChI is InChI=1S/C11H16N2O/c1-9-5-7-10(8-6-9)11(12-14-4)13(2)3/h5-8H,1-4H3/b12-11-. The van der Waals surface area contributed by atoms with Gasteiger partial charge in [-0.3, -0.25) is 0 Å². The van der Waals surface area contributed by atoms with Gasteiger partial charge in [-0.2, -0.15) is 0 Å². The number of aryl methyl sites for hydroxylation is 1. The number of benzene rings is 1. The van der Waals surface area contributed by atoms with Crippen LogP contribution in [0.5, 0.6) is 0 Å². The quantitative estimate of drug-likeness (QED) is 0.406.